The van der Waals surface area contributed by atoms with Gasteiger partial charge in [0, 0.05) is 24.5 Å². The number of rotatable bonds is 9. The molecule has 3 nitrogen and oxygen atoms in total. The van der Waals surface area contributed by atoms with E-state index in [2.05, 4.69) is 48.8 Å². The summed E-state index contributed by atoms with van der Waals surface area (Å²) in [4.78, 5) is 16.5. The molecule has 0 heterocycles. The van der Waals surface area contributed by atoms with E-state index in [-0.39, 0.29) is 17.6 Å². The number of carbonyl (C=O) groups excluding carboxylic acids is 1. The van der Waals surface area contributed by atoms with Crippen molar-refractivity contribution in [1.29, 1.82) is 0 Å². The average Bonchev–Trinajstić information content (AvgIpc) is 3.06. The first-order chi connectivity index (χ1) is 15.4. The van der Waals surface area contributed by atoms with Crippen molar-refractivity contribution in [3.63, 3.8) is 0 Å². The Labute approximate surface area is 195 Å². The van der Waals surface area contributed by atoms with Gasteiger partial charge in [-0.25, -0.2) is 4.39 Å². The maximum atomic E-state index is 14.2. The van der Waals surface area contributed by atoms with Crippen LogP contribution in [0.1, 0.15) is 44.4 Å². The fourth-order valence-electron chi connectivity index (χ4n) is 4.35. The van der Waals surface area contributed by atoms with E-state index in [0.29, 0.717) is 13.1 Å². The summed E-state index contributed by atoms with van der Waals surface area (Å²) < 4.78 is 14.2. The second kappa shape index (κ2) is 11.0. The molecule has 0 radical (unpaired) electrons. The Balaban J connectivity index is 2.00. The van der Waals surface area contributed by atoms with Crippen LogP contribution in [0.2, 0.25) is 0 Å². The van der Waals surface area contributed by atoms with Crippen molar-refractivity contribution in [2.75, 3.05) is 32.4 Å². The van der Waals surface area contributed by atoms with Crippen LogP contribution in [0.3, 0.4) is 0 Å². The van der Waals surface area contributed by atoms with E-state index in [1.165, 1.54) is 11.0 Å². The van der Waals surface area contributed by atoms with Gasteiger partial charge in [0.2, 0.25) is 5.91 Å². The van der Waals surface area contributed by atoms with E-state index in [4.69, 9.17) is 0 Å². The molecule has 32 heavy (non-hydrogen) atoms. The van der Waals surface area contributed by atoms with Gasteiger partial charge in [-0.3, -0.25) is 4.79 Å². The third-order valence-corrected chi connectivity index (χ3v) is 6.85. The van der Waals surface area contributed by atoms with Crippen LogP contribution in [0.4, 0.5) is 4.39 Å². The first kappa shape index (κ1) is 24.3. The number of thioether (sulfide) groups is 1. The summed E-state index contributed by atoms with van der Waals surface area (Å²) in [5.74, 6) is -0.541. The highest BCUT2D eigenvalue weighted by atomic mass is 32.2. The summed E-state index contributed by atoms with van der Waals surface area (Å²) in [6.45, 7) is 11.0. The molecule has 1 atom stereocenters. The van der Waals surface area contributed by atoms with E-state index >= 15 is 0 Å². The molecule has 5 heteroatoms. The molecule has 2 aromatic rings. The predicted molar refractivity (Wildman–Crippen MR) is 135 cm³/mol. The van der Waals surface area contributed by atoms with Gasteiger partial charge in [-0.05, 0) is 97.3 Å². The molecular weight excluding hydrogens is 419 g/mol. The zero-order valence-electron chi connectivity index (χ0n) is 19.7. The molecule has 1 aliphatic rings. The SMILES string of the molecule is CCNCCN(CC)C(=O)C(C)C1=C(C)/C(=C/c2ccc(SC)cc2)c2ccc(F)cc21. The van der Waals surface area contributed by atoms with E-state index in [1.807, 2.05) is 31.7 Å². The molecule has 2 aromatic carbocycles. The number of carbonyl (C=O) groups is 1. The Morgan fingerprint density at radius 2 is 1.88 bits per heavy atom. The predicted octanol–water partition coefficient (Wildman–Crippen LogP) is 5.97. The van der Waals surface area contributed by atoms with Crippen molar-refractivity contribution in [1.82, 2.24) is 10.2 Å². The number of halogens is 1. The van der Waals surface area contributed by atoms with Crippen molar-refractivity contribution >= 4 is 34.9 Å². The summed E-state index contributed by atoms with van der Waals surface area (Å²) in [6.07, 6.45) is 4.20. The van der Waals surface area contributed by atoms with Crippen molar-refractivity contribution in [3.05, 3.63) is 70.5 Å². The van der Waals surface area contributed by atoms with Crippen molar-refractivity contribution in [2.45, 2.75) is 32.6 Å². The lowest BCUT2D eigenvalue weighted by Gasteiger charge is -2.26. The van der Waals surface area contributed by atoms with E-state index < -0.39 is 0 Å². The van der Waals surface area contributed by atoms with Crippen LogP contribution in [0.25, 0.3) is 17.2 Å². The van der Waals surface area contributed by atoms with Crippen LogP contribution in [0.5, 0.6) is 0 Å². The molecule has 170 valence electrons. The van der Waals surface area contributed by atoms with Gasteiger partial charge in [0.15, 0.2) is 0 Å². The van der Waals surface area contributed by atoms with Gasteiger partial charge in [0.05, 0.1) is 5.92 Å². The average molecular weight is 453 g/mol. The van der Waals surface area contributed by atoms with Crippen LogP contribution in [-0.4, -0.2) is 43.2 Å². The summed E-state index contributed by atoms with van der Waals surface area (Å²) in [5.41, 5.74) is 5.94. The van der Waals surface area contributed by atoms with E-state index in [1.54, 1.807) is 17.8 Å². The molecule has 0 fully saturated rings. The lowest BCUT2D eigenvalue weighted by molar-refractivity contribution is -0.132. The van der Waals surface area contributed by atoms with Gasteiger partial charge < -0.3 is 10.2 Å². The molecule has 1 unspecified atom stereocenters. The minimum Gasteiger partial charge on any atom is -0.341 e. The fraction of sp³-hybridized carbons (Fsp3) is 0.370. The Morgan fingerprint density at radius 3 is 2.50 bits per heavy atom. The summed E-state index contributed by atoms with van der Waals surface area (Å²) in [5, 5.41) is 3.28. The standard InChI is InChI=1S/C27H33FN2OS/c1-6-29-14-15-30(7-2)27(31)19(4)26-18(3)24(23-13-10-21(28)17-25(23)26)16-20-8-11-22(32-5)12-9-20/h8-13,16-17,19,29H,6-7,14-15H2,1-5H3/b24-16-. The molecule has 0 saturated heterocycles. The minimum absolute atomic E-state index is 0.0838. The van der Waals surface area contributed by atoms with Crippen LogP contribution in [0, 0.1) is 11.7 Å². The minimum atomic E-state index is -0.345. The van der Waals surface area contributed by atoms with E-state index in [9.17, 15) is 9.18 Å². The number of likely N-dealkylation sites (N-methyl/N-ethyl adjacent to an activating group) is 2. The molecule has 0 aromatic heterocycles. The maximum absolute atomic E-state index is 14.2. The third-order valence-electron chi connectivity index (χ3n) is 6.10. The normalized spacial score (nSPS) is 15.2. The Hall–Kier alpha value is -2.37. The first-order valence-corrected chi connectivity index (χ1v) is 12.5. The van der Waals surface area contributed by atoms with Crippen LogP contribution in [-0.2, 0) is 4.79 Å². The molecule has 3 rings (SSSR count). The fourth-order valence-corrected chi connectivity index (χ4v) is 4.75. The second-order valence-electron chi connectivity index (χ2n) is 8.05. The Morgan fingerprint density at radius 1 is 1.16 bits per heavy atom. The molecule has 1 amide bonds. The molecule has 0 aliphatic heterocycles. The van der Waals surface area contributed by atoms with Crippen molar-refractivity contribution < 1.29 is 9.18 Å². The number of allylic oxidation sites excluding steroid dienone is 2. The monoisotopic (exact) mass is 452 g/mol. The van der Waals surface area contributed by atoms with Crippen LogP contribution < -0.4 is 5.32 Å². The largest absolute Gasteiger partial charge is 0.341 e. The van der Waals surface area contributed by atoms with Gasteiger partial charge in [-0.15, -0.1) is 11.8 Å². The number of hydrogen-bond acceptors (Lipinski definition) is 3. The first-order valence-electron chi connectivity index (χ1n) is 11.3. The van der Waals surface area contributed by atoms with E-state index in [0.717, 1.165) is 46.5 Å². The van der Waals surface area contributed by atoms with Crippen LogP contribution in [0.15, 0.2) is 52.9 Å². The zero-order valence-corrected chi connectivity index (χ0v) is 20.5. The quantitative estimate of drug-likeness (QED) is 0.376. The molecule has 0 saturated carbocycles. The smallest absolute Gasteiger partial charge is 0.229 e. The maximum Gasteiger partial charge on any atom is 0.229 e. The van der Waals surface area contributed by atoms with Gasteiger partial charge in [0.1, 0.15) is 5.82 Å². The highest BCUT2D eigenvalue weighted by Gasteiger charge is 2.32. The zero-order chi connectivity index (χ0) is 23.3. The van der Waals surface area contributed by atoms with Crippen molar-refractivity contribution in [2.24, 2.45) is 5.92 Å². The van der Waals surface area contributed by atoms with Gasteiger partial charge in [-0.2, -0.15) is 0 Å². The lowest BCUT2D eigenvalue weighted by Crippen LogP contribution is -2.40. The number of benzene rings is 2. The number of fused-ring (bicyclic) bond motifs is 1. The van der Waals surface area contributed by atoms with Gasteiger partial charge in [-0.1, -0.05) is 25.1 Å². The Bertz CT molecular complexity index is 1030. The highest BCUT2D eigenvalue weighted by Crippen LogP contribution is 2.46. The second-order valence-corrected chi connectivity index (χ2v) is 8.93. The van der Waals surface area contributed by atoms with Gasteiger partial charge >= 0.3 is 0 Å². The molecule has 1 aliphatic carbocycles. The Kier molecular flexibility index (Phi) is 8.32. The highest BCUT2D eigenvalue weighted by molar-refractivity contribution is 7.98. The number of hydrogen-bond donors (Lipinski definition) is 1. The summed E-state index contributed by atoms with van der Waals surface area (Å²) in [7, 11) is 0. The van der Waals surface area contributed by atoms with Crippen LogP contribution >= 0.6 is 11.8 Å². The topological polar surface area (TPSA) is 32.3 Å². The van der Waals surface area contributed by atoms with Crippen molar-refractivity contribution in [3.8, 4) is 0 Å². The van der Waals surface area contributed by atoms with Gasteiger partial charge in [0.25, 0.3) is 0 Å². The summed E-state index contributed by atoms with van der Waals surface area (Å²) in [6, 6.07) is 13.3. The summed E-state index contributed by atoms with van der Waals surface area (Å²) >= 11 is 1.71. The third kappa shape index (κ3) is 5.16. The molecule has 0 spiro atoms. The molecule has 1 N–H and O–H groups in total. The lowest BCUT2D eigenvalue weighted by atomic mass is 9.92. The number of amides is 1. The number of nitrogens with one attached hydrogen (secondary N) is 1. The molecular formula is C27H33FN2OS. The number of nitrogens with zero attached hydrogens (tertiary/aromatic N) is 1. The molecule has 0 bridgehead atoms.